The molecule has 0 bridgehead atoms. The van der Waals surface area contributed by atoms with Gasteiger partial charge in [0.05, 0.1) is 6.10 Å². The van der Waals surface area contributed by atoms with E-state index in [4.69, 9.17) is 4.74 Å². The molecule has 0 N–H and O–H groups in total. The van der Waals surface area contributed by atoms with Gasteiger partial charge in [-0.3, -0.25) is 0 Å². The fourth-order valence-electron chi connectivity index (χ4n) is 4.77. The topological polar surface area (TPSA) is 9.23 Å². The van der Waals surface area contributed by atoms with Crippen LogP contribution >= 0.6 is 0 Å². The van der Waals surface area contributed by atoms with E-state index in [1.807, 2.05) is 48.5 Å². The van der Waals surface area contributed by atoms with E-state index in [2.05, 4.69) is 12.1 Å². The first-order valence-electron chi connectivity index (χ1n) is 11.3. The van der Waals surface area contributed by atoms with Crippen molar-refractivity contribution in [2.45, 2.75) is 70.1 Å². The zero-order chi connectivity index (χ0) is 21.2. The maximum atomic E-state index is 13.1. The molecule has 0 radical (unpaired) electrons. The van der Waals surface area contributed by atoms with Crippen molar-refractivity contribution < 1.29 is 17.9 Å². The molecule has 0 heterocycles. The maximum absolute atomic E-state index is 13.1. The van der Waals surface area contributed by atoms with E-state index >= 15 is 0 Å². The summed E-state index contributed by atoms with van der Waals surface area (Å²) >= 11 is 0. The van der Waals surface area contributed by atoms with Gasteiger partial charge in [0.2, 0.25) is 0 Å². The molecule has 164 valence electrons. The predicted octanol–water partition coefficient (Wildman–Crippen LogP) is 7.92. The second kappa shape index (κ2) is 11.5. The van der Waals surface area contributed by atoms with Gasteiger partial charge in [-0.05, 0) is 42.2 Å². The summed E-state index contributed by atoms with van der Waals surface area (Å²) in [5, 5.41) is 0. The number of rotatable bonds is 10. The van der Waals surface area contributed by atoms with E-state index in [0.29, 0.717) is 12.5 Å². The van der Waals surface area contributed by atoms with Crippen molar-refractivity contribution in [3.05, 3.63) is 71.8 Å². The van der Waals surface area contributed by atoms with Gasteiger partial charge in [-0.2, -0.15) is 13.2 Å². The van der Waals surface area contributed by atoms with Crippen molar-refractivity contribution in [2.75, 3.05) is 6.61 Å². The minimum atomic E-state index is -4.12. The summed E-state index contributed by atoms with van der Waals surface area (Å²) in [7, 11) is 0. The predicted molar refractivity (Wildman–Crippen MR) is 115 cm³/mol. The Morgan fingerprint density at radius 1 is 0.867 bits per heavy atom. The SMILES string of the molecule is FC(F)(F)CCC(C1CCCCC1)C(OCCCc1ccccc1)c1ccccc1. The number of benzene rings is 2. The maximum Gasteiger partial charge on any atom is 0.389 e. The van der Waals surface area contributed by atoms with Gasteiger partial charge in [0.1, 0.15) is 0 Å². The summed E-state index contributed by atoms with van der Waals surface area (Å²) in [4.78, 5) is 0. The highest BCUT2D eigenvalue weighted by Gasteiger charge is 2.36. The molecule has 30 heavy (non-hydrogen) atoms. The van der Waals surface area contributed by atoms with E-state index in [1.165, 1.54) is 12.0 Å². The lowest BCUT2D eigenvalue weighted by molar-refractivity contribution is -0.143. The lowest BCUT2D eigenvalue weighted by Crippen LogP contribution is -2.28. The van der Waals surface area contributed by atoms with E-state index in [9.17, 15) is 13.2 Å². The molecule has 1 fully saturated rings. The Morgan fingerprint density at radius 3 is 2.13 bits per heavy atom. The normalized spacial score (nSPS) is 17.6. The molecule has 0 aliphatic heterocycles. The van der Waals surface area contributed by atoms with Crippen LogP contribution in [0.2, 0.25) is 0 Å². The van der Waals surface area contributed by atoms with Gasteiger partial charge in [0.25, 0.3) is 0 Å². The minimum absolute atomic E-state index is 0.0916. The Bertz CT molecular complexity index is 708. The number of ether oxygens (including phenoxy) is 1. The van der Waals surface area contributed by atoms with Crippen LogP contribution in [0.1, 0.15) is 68.6 Å². The van der Waals surface area contributed by atoms with Crippen molar-refractivity contribution in [3.8, 4) is 0 Å². The van der Waals surface area contributed by atoms with Crippen LogP contribution in [0.4, 0.5) is 13.2 Å². The van der Waals surface area contributed by atoms with E-state index in [1.54, 1.807) is 0 Å². The Hall–Kier alpha value is -1.81. The Kier molecular flexibility index (Phi) is 8.80. The highest BCUT2D eigenvalue weighted by molar-refractivity contribution is 5.19. The van der Waals surface area contributed by atoms with Crippen molar-refractivity contribution in [3.63, 3.8) is 0 Å². The number of hydrogen-bond acceptors (Lipinski definition) is 1. The van der Waals surface area contributed by atoms with E-state index < -0.39 is 12.6 Å². The van der Waals surface area contributed by atoms with Crippen LogP contribution in [-0.4, -0.2) is 12.8 Å². The molecule has 0 aromatic heterocycles. The number of alkyl halides is 3. The zero-order valence-electron chi connectivity index (χ0n) is 17.6. The average molecular weight is 419 g/mol. The van der Waals surface area contributed by atoms with Crippen LogP contribution in [0.25, 0.3) is 0 Å². The molecule has 2 aromatic carbocycles. The van der Waals surface area contributed by atoms with E-state index in [0.717, 1.165) is 44.1 Å². The summed E-state index contributed by atoms with van der Waals surface area (Å²) in [6.45, 7) is 0.559. The Labute approximate surface area is 178 Å². The molecule has 0 saturated heterocycles. The second-order valence-electron chi connectivity index (χ2n) is 8.51. The minimum Gasteiger partial charge on any atom is -0.373 e. The van der Waals surface area contributed by atoms with Crippen LogP contribution in [0.3, 0.4) is 0 Å². The first-order valence-corrected chi connectivity index (χ1v) is 11.3. The third-order valence-electron chi connectivity index (χ3n) is 6.28. The molecule has 2 aromatic rings. The molecule has 2 atom stereocenters. The standard InChI is InChI=1S/C26H33F3O/c27-26(28,29)19-18-24(22-14-6-2-7-15-22)25(23-16-8-3-9-17-23)30-20-10-13-21-11-4-1-5-12-21/h1,3-5,8-9,11-12,16-17,22,24-25H,2,6-7,10,13-15,18-20H2. The highest BCUT2D eigenvalue weighted by atomic mass is 19.4. The lowest BCUT2D eigenvalue weighted by Gasteiger charge is -2.36. The smallest absolute Gasteiger partial charge is 0.373 e. The van der Waals surface area contributed by atoms with Gasteiger partial charge >= 0.3 is 6.18 Å². The van der Waals surface area contributed by atoms with Crippen LogP contribution in [0, 0.1) is 11.8 Å². The molecule has 4 heteroatoms. The van der Waals surface area contributed by atoms with E-state index in [-0.39, 0.29) is 18.4 Å². The molecule has 1 aliphatic rings. The second-order valence-corrected chi connectivity index (χ2v) is 8.51. The number of aryl methyl sites for hydroxylation is 1. The molecule has 1 saturated carbocycles. The fourth-order valence-corrected chi connectivity index (χ4v) is 4.77. The van der Waals surface area contributed by atoms with Gasteiger partial charge < -0.3 is 4.74 Å². The molecule has 2 unspecified atom stereocenters. The van der Waals surface area contributed by atoms with Crippen LogP contribution in [-0.2, 0) is 11.2 Å². The van der Waals surface area contributed by atoms with Gasteiger partial charge in [-0.1, -0.05) is 92.8 Å². The summed E-state index contributed by atoms with van der Waals surface area (Å²) in [5.41, 5.74) is 2.27. The summed E-state index contributed by atoms with van der Waals surface area (Å²) in [5.74, 6) is 0.214. The fraction of sp³-hybridized carbons (Fsp3) is 0.538. The Morgan fingerprint density at radius 2 is 1.50 bits per heavy atom. The summed E-state index contributed by atoms with van der Waals surface area (Å²) in [6, 6.07) is 20.1. The molecule has 0 amide bonds. The van der Waals surface area contributed by atoms with Gasteiger partial charge in [0.15, 0.2) is 0 Å². The summed E-state index contributed by atoms with van der Waals surface area (Å²) in [6.07, 6.45) is 2.25. The van der Waals surface area contributed by atoms with Crippen molar-refractivity contribution in [1.82, 2.24) is 0 Å². The average Bonchev–Trinajstić information content (AvgIpc) is 2.76. The molecule has 0 spiro atoms. The van der Waals surface area contributed by atoms with Crippen molar-refractivity contribution in [1.29, 1.82) is 0 Å². The number of halogens is 3. The molecular formula is C26H33F3O. The van der Waals surface area contributed by atoms with Crippen LogP contribution < -0.4 is 0 Å². The van der Waals surface area contributed by atoms with Crippen LogP contribution in [0.5, 0.6) is 0 Å². The van der Waals surface area contributed by atoms with Crippen LogP contribution in [0.15, 0.2) is 60.7 Å². The van der Waals surface area contributed by atoms with Crippen molar-refractivity contribution >= 4 is 0 Å². The highest BCUT2D eigenvalue weighted by Crippen LogP contribution is 2.43. The van der Waals surface area contributed by atoms with Gasteiger partial charge in [0, 0.05) is 13.0 Å². The first-order chi connectivity index (χ1) is 14.5. The van der Waals surface area contributed by atoms with Gasteiger partial charge in [-0.25, -0.2) is 0 Å². The third-order valence-corrected chi connectivity index (χ3v) is 6.28. The lowest BCUT2D eigenvalue weighted by atomic mass is 9.74. The molecular weight excluding hydrogens is 385 g/mol. The Balaban J connectivity index is 1.71. The quantitative estimate of drug-likeness (QED) is 0.356. The molecule has 3 rings (SSSR count). The zero-order valence-corrected chi connectivity index (χ0v) is 17.6. The van der Waals surface area contributed by atoms with Gasteiger partial charge in [-0.15, -0.1) is 0 Å². The largest absolute Gasteiger partial charge is 0.389 e. The first kappa shape index (κ1) is 22.9. The van der Waals surface area contributed by atoms with Crippen molar-refractivity contribution in [2.24, 2.45) is 11.8 Å². The molecule has 1 nitrogen and oxygen atoms in total. The number of hydrogen-bond donors (Lipinski definition) is 0. The summed E-state index contributed by atoms with van der Waals surface area (Å²) < 4.78 is 45.7. The molecule has 1 aliphatic carbocycles. The third kappa shape index (κ3) is 7.46. The monoisotopic (exact) mass is 418 g/mol.